The predicted molar refractivity (Wildman–Crippen MR) is 64.9 cm³/mol. The lowest BCUT2D eigenvalue weighted by Gasteiger charge is -2.28. The molecular weight excluding hydrogens is 236 g/mol. The molecule has 0 spiro atoms. The van der Waals surface area contributed by atoms with Crippen molar-refractivity contribution in [2.75, 3.05) is 7.05 Å². The zero-order chi connectivity index (χ0) is 13.8. The number of aliphatic carboxylic acids is 1. The molecule has 18 heavy (non-hydrogen) atoms. The van der Waals surface area contributed by atoms with Gasteiger partial charge in [0.25, 0.3) is 0 Å². The first kappa shape index (κ1) is 14.2. The third-order valence-corrected chi connectivity index (χ3v) is 3.27. The standard InChI is InChI=1S/C12H18N2O4/c1-12(10(16)17,8-6-4-3-5-7-8)9(15)14-11(18)13-2/h6H,3-5,7H2,1-2H3,(H,16,17)(H2,13,14,15,18)/t12-/m0/s1. The summed E-state index contributed by atoms with van der Waals surface area (Å²) in [5.41, 5.74) is -1.10. The Bertz CT molecular complexity index is 403. The second-order valence-corrected chi connectivity index (χ2v) is 4.44. The summed E-state index contributed by atoms with van der Waals surface area (Å²) < 4.78 is 0. The fraction of sp³-hybridized carbons (Fsp3) is 0.583. The van der Waals surface area contributed by atoms with Gasteiger partial charge in [-0.3, -0.25) is 14.9 Å². The van der Waals surface area contributed by atoms with Crippen LogP contribution in [0.25, 0.3) is 0 Å². The number of carbonyl (C=O) groups excluding carboxylic acids is 2. The van der Waals surface area contributed by atoms with Gasteiger partial charge in [0.1, 0.15) is 0 Å². The first-order chi connectivity index (χ1) is 8.42. The van der Waals surface area contributed by atoms with Gasteiger partial charge in [-0.25, -0.2) is 4.79 Å². The van der Waals surface area contributed by atoms with E-state index < -0.39 is 23.3 Å². The lowest BCUT2D eigenvalue weighted by Crippen LogP contribution is -2.50. The summed E-state index contributed by atoms with van der Waals surface area (Å²) in [6.45, 7) is 1.34. The van der Waals surface area contributed by atoms with Gasteiger partial charge in [-0.2, -0.15) is 0 Å². The molecule has 0 saturated carbocycles. The molecule has 0 aromatic heterocycles. The van der Waals surface area contributed by atoms with E-state index in [2.05, 4.69) is 5.32 Å². The van der Waals surface area contributed by atoms with Crippen molar-refractivity contribution >= 4 is 17.9 Å². The van der Waals surface area contributed by atoms with E-state index in [1.54, 1.807) is 6.08 Å². The van der Waals surface area contributed by atoms with Crippen molar-refractivity contribution in [2.45, 2.75) is 32.6 Å². The number of imide groups is 1. The topological polar surface area (TPSA) is 95.5 Å². The summed E-state index contributed by atoms with van der Waals surface area (Å²) in [7, 11) is 1.36. The molecule has 1 aliphatic rings. The van der Waals surface area contributed by atoms with Gasteiger partial charge in [0, 0.05) is 7.05 Å². The fourth-order valence-corrected chi connectivity index (χ4v) is 1.96. The van der Waals surface area contributed by atoms with Gasteiger partial charge in [0.05, 0.1) is 0 Å². The molecule has 3 N–H and O–H groups in total. The second kappa shape index (κ2) is 5.66. The SMILES string of the molecule is CNC(=O)NC(=O)[C@@](C)(C(=O)O)C1=CCCCC1. The van der Waals surface area contributed by atoms with Crippen LogP contribution in [0.5, 0.6) is 0 Å². The molecule has 0 aromatic carbocycles. The summed E-state index contributed by atoms with van der Waals surface area (Å²) in [4.78, 5) is 34.5. The fourth-order valence-electron chi connectivity index (χ4n) is 1.96. The Morgan fingerprint density at radius 1 is 1.33 bits per heavy atom. The van der Waals surface area contributed by atoms with E-state index in [0.717, 1.165) is 19.3 Å². The monoisotopic (exact) mass is 254 g/mol. The number of rotatable bonds is 3. The highest BCUT2D eigenvalue weighted by Crippen LogP contribution is 2.34. The second-order valence-electron chi connectivity index (χ2n) is 4.44. The molecule has 0 unspecified atom stereocenters. The number of carboxylic acid groups (broad SMARTS) is 1. The number of carboxylic acids is 1. The average molecular weight is 254 g/mol. The number of hydrogen-bond donors (Lipinski definition) is 3. The first-order valence-corrected chi connectivity index (χ1v) is 5.89. The van der Waals surface area contributed by atoms with Crippen molar-refractivity contribution in [3.05, 3.63) is 11.6 Å². The maximum absolute atomic E-state index is 12.0. The summed E-state index contributed by atoms with van der Waals surface area (Å²) in [6, 6.07) is -0.705. The van der Waals surface area contributed by atoms with E-state index in [-0.39, 0.29) is 0 Å². The van der Waals surface area contributed by atoms with E-state index in [1.807, 2.05) is 5.32 Å². The van der Waals surface area contributed by atoms with Gasteiger partial charge in [0.2, 0.25) is 5.91 Å². The highest BCUT2D eigenvalue weighted by Gasteiger charge is 2.45. The van der Waals surface area contributed by atoms with Crippen LogP contribution in [-0.2, 0) is 9.59 Å². The van der Waals surface area contributed by atoms with Crippen molar-refractivity contribution in [3.63, 3.8) is 0 Å². The zero-order valence-electron chi connectivity index (χ0n) is 10.6. The van der Waals surface area contributed by atoms with E-state index in [1.165, 1.54) is 14.0 Å². The molecule has 100 valence electrons. The predicted octanol–water partition coefficient (Wildman–Crippen LogP) is 1.03. The van der Waals surface area contributed by atoms with E-state index in [0.29, 0.717) is 12.0 Å². The van der Waals surface area contributed by atoms with Crippen molar-refractivity contribution in [1.82, 2.24) is 10.6 Å². The van der Waals surface area contributed by atoms with Crippen molar-refractivity contribution < 1.29 is 19.5 Å². The molecule has 0 radical (unpaired) electrons. The van der Waals surface area contributed by atoms with E-state index in [9.17, 15) is 19.5 Å². The Hall–Kier alpha value is -1.85. The smallest absolute Gasteiger partial charge is 0.323 e. The Morgan fingerprint density at radius 2 is 2.00 bits per heavy atom. The minimum atomic E-state index is -1.67. The lowest BCUT2D eigenvalue weighted by atomic mass is 9.76. The summed E-state index contributed by atoms with van der Waals surface area (Å²) >= 11 is 0. The van der Waals surface area contributed by atoms with Crippen molar-refractivity contribution in [2.24, 2.45) is 5.41 Å². The van der Waals surface area contributed by atoms with Crippen LogP contribution < -0.4 is 10.6 Å². The van der Waals surface area contributed by atoms with Crippen LogP contribution in [0.15, 0.2) is 11.6 Å². The molecule has 1 rings (SSSR count). The zero-order valence-corrected chi connectivity index (χ0v) is 10.6. The van der Waals surface area contributed by atoms with Crippen molar-refractivity contribution in [1.29, 1.82) is 0 Å². The molecule has 0 fully saturated rings. The van der Waals surface area contributed by atoms with Gasteiger partial charge in [-0.15, -0.1) is 0 Å². The Balaban J connectivity index is 2.99. The molecule has 3 amide bonds. The summed E-state index contributed by atoms with van der Waals surface area (Å²) in [5, 5.41) is 13.6. The largest absolute Gasteiger partial charge is 0.480 e. The quantitative estimate of drug-likeness (QED) is 0.518. The number of amides is 3. The number of hydrogen-bond acceptors (Lipinski definition) is 3. The van der Waals surface area contributed by atoms with Crippen LogP contribution in [0.1, 0.15) is 32.6 Å². The highest BCUT2D eigenvalue weighted by molar-refractivity contribution is 6.09. The van der Waals surface area contributed by atoms with Crippen LogP contribution in [0.2, 0.25) is 0 Å². The third-order valence-electron chi connectivity index (χ3n) is 3.27. The maximum atomic E-state index is 12.0. The lowest BCUT2D eigenvalue weighted by molar-refractivity contribution is -0.151. The molecule has 6 heteroatoms. The number of nitrogens with one attached hydrogen (secondary N) is 2. The molecule has 6 nitrogen and oxygen atoms in total. The molecule has 0 aromatic rings. The van der Waals surface area contributed by atoms with Crippen LogP contribution in [0, 0.1) is 5.41 Å². The molecule has 0 heterocycles. The van der Waals surface area contributed by atoms with Gasteiger partial charge in [0.15, 0.2) is 5.41 Å². The third kappa shape index (κ3) is 2.69. The molecular formula is C12H18N2O4. The van der Waals surface area contributed by atoms with E-state index in [4.69, 9.17) is 0 Å². The summed E-state index contributed by atoms with van der Waals surface area (Å²) in [6.07, 6.45) is 4.99. The first-order valence-electron chi connectivity index (χ1n) is 5.89. The maximum Gasteiger partial charge on any atom is 0.323 e. The number of carbonyl (C=O) groups is 3. The highest BCUT2D eigenvalue weighted by atomic mass is 16.4. The summed E-state index contributed by atoms with van der Waals surface area (Å²) in [5.74, 6) is -2.04. The molecule has 1 atom stereocenters. The Labute approximate surface area is 105 Å². The molecule has 0 bridgehead atoms. The normalized spacial score (nSPS) is 18.2. The van der Waals surface area contributed by atoms with Gasteiger partial charge < -0.3 is 10.4 Å². The minimum absolute atomic E-state index is 0.572. The molecule has 0 aliphatic heterocycles. The van der Waals surface area contributed by atoms with Gasteiger partial charge in [-0.1, -0.05) is 6.08 Å². The Kier molecular flexibility index (Phi) is 4.47. The van der Waals surface area contributed by atoms with Crippen LogP contribution >= 0.6 is 0 Å². The van der Waals surface area contributed by atoms with Crippen LogP contribution in [0.3, 0.4) is 0 Å². The number of allylic oxidation sites excluding steroid dienone is 1. The van der Waals surface area contributed by atoms with E-state index >= 15 is 0 Å². The molecule has 1 aliphatic carbocycles. The Morgan fingerprint density at radius 3 is 2.44 bits per heavy atom. The minimum Gasteiger partial charge on any atom is -0.480 e. The average Bonchev–Trinajstić information content (AvgIpc) is 2.38. The van der Waals surface area contributed by atoms with Crippen LogP contribution in [-0.4, -0.2) is 30.1 Å². The van der Waals surface area contributed by atoms with Crippen LogP contribution in [0.4, 0.5) is 4.79 Å². The van der Waals surface area contributed by atoms with Crippen molar-refractivity contribution in [3.8, 4) is 0 Å². The van der Waals surface area contributed by atoms with Gasteiger partial charge in [-0.05, 0) is 38.2 Å². The van der Waals surface area contributed by atoms with Gasteiger partial charge >= 0.3 is 12.0 Å². The molecule has 0 saturated heterocycles. The number of urea groups is 1.